The molecule has 1 aliphatic heterocycles. The quantitative estimate of drug-likeness (QED) is 0.847. The van der Waals surface area contributed by atoms with Crippen LogP contribution in [0.3, 0.4) is 0 Å². The molecule has 0 amide bonds. The molecule has 0 atom stereocenters. The van der Waals surface area contributed by atoms with Gasteiger partial charge in [-0.1, -0.05) is 20.3 Å². The highest BCUT2D eigenvalue weighted by Gasteiger charge is 2.39. The second-order valence-corrected chi connectivity index (χ2v) is 6.04. The lowest BCUT2D eigenvalue weighted by atomic mass is 9.89. The minimum absolute atomic E-state index is 0.420. The lowest BCUT2D eigenvalue weighted by Crippen LogP contribution is -2.60. The third-order valence-corrected chi connectivity index (χ3v) is 4.16. The smallest absolute Gasteiger partial charge is 0.0928 e. The predicted octanol–water partition coefficient (Wildman–Crippen LogP) is 2.44. The largest absolute Gasteiger partial charge is 0.387 e. The molecule has 17 heavy (non-hydrogen) atoms. The molecule has 0 aromatic carbocycles. The number of likely N-dealkylation sites (tertiary alicyclic amines) is 1. The molecule has 0 bridgehead atoms. The number of rotatable bonds is 6. The highest BCUT2D eigenvalue weighted by Crippen LogP contribution is 2.27. The van der Waals surface area contributed by atoms with Crippen LogP contribution in [0.4, 0.5) is 0 Å². The van der Waals surface area contributed by atoms with Crippen LogP contribution in [-0.2, 0) is 13.0 Å². The first-order valence-electron chi connectivity index (χ1n) is 6.53. The number of aryl methyl sites for hydroxylation is 1. The molecule has 1 aliphatic rings. The van der Waals surface area contributed by atoms with Gasteiger partial charge in [0.25, 0.3) is 0 Å². The molecular weight excluding hydrogens is 232 g/mol. The van der Waals surface area contributed by atoms with Gasteiger partial charge in [0.2, 0.25) is 0 Å². The van der Waals surface area contributed by atoms with E-state index in [0.717, 1.165) is 51.0 Å². The molecule has 0 aliphatic carbocycles. The average molecular weight is 254 g/mol. The van der Waals surface area contributed by atoms with Crippen LogP contribution in [0, 0.1) is 0 Å². The monoisotopic (exact) mass is 254 g/mol. The minimum atomic E-state index is -0.420. The number of aromatic nitrogens is 1. The fraction of sp³-hybridized carbons (Fsp3) is 0.769. The van der Waals surface area contributed by atoms with E-state index in [1.54, 1.807) is 11.3 Å². The predicted molar refractivity (Wildman–Crippen MR) is 71.2 cm³/mol. The van der Waals surface area contributed by atoms with Crippen molar-refractivity contribution in [1.29, 1.82) is 0 Å². The van der Waals surface area contributed by atoms with Crippen LogP contribution in [0.25, 0.3) is 0 Å². The first-order valence-corrected chi connectivity index (χ1v) is 7.41. The van der Waals surface area contributed by atoms with Crippen LogP contribution in [-0.4, -0.2) is 33.7 Å². The van der Waals surface area contributed by atoms with Crippen LogP contribution >= 0.6 is 11.3 Å². The van der Waals surface area contributed by atoms with Crippen molar-refractivity contribution in [2.24, 2.45) is 0 Å². The Morgan fingerprint density at radius 1 is 1.41 bits per heavy atom. The Hall–Kier alpha value is -0.450. The van der Waals surface area contributed by atoms with E-state index < -0.39 is 5.60 Å². The van der Waals surface area contributed by atoms with Gasteiger partial charge in [0.15, 0.2) is 0 Å². The van der Waals surface area contributed by atoms with Gasteiger partial charge in [-0.15, -0.1) is 11.3 Å². The van der Waals surface area contributed by atoms with Crippen molar-refractivity contribution in [3.8, 4) is 0 Å². The van der Waals surface area contributed by atoms with Crippen molar-refractivity contribution in [3.05, 3.63) is 16.1 Å². The lowest BCUT2D eigenvalue weighted by Gasteiger charge is -2.46. The zero-order valence-electron chi connectivity index (χ0n) is 10.8. The van der Waals surface area contributed by atoms with Crippen LogP contribution < -0.4 is 0 Å². The van der Waals surface area contributed by atoms with Crippen LogP contribution in [0.15, 0.2) is 5.38 Å². The summed E-state index contributed by atoms with van der Waals surface area (Å²) in [6, 6.07) is 0. The molecule has 2 rings (SSSR count). The molecule has 4 heteroatoms. The van der Waals surface area contributed by atoms with Crippen molar-refractivity contribution < 1.29 is 5.11 Å². The molecule has 0 saturated carbocycles. The Labute approximate surface area is 107 Å². The van der Waals surface area contributed by atoms with E-state index in [-0.39, 0.29) is 0 Å². The molecule has 1 aromatic rings. The molecule has 96 valence electrons. The standard InChI is InChI=1S/C13H22N2OS/c1-3-5-12-14-11(8-17-12)7-15-9-13(16,10-15)6-4-2/h8,16H,3-7,9-10H2,1-2H3. The van der Waals surface area contributed by atoms with E-state index >= 15 is 0 Å². The summed E-state index contributed by atoms with van der Waals surface area (Å²) in [4.78, 5) is 6.89. The molecule has 1 saturated heterocycles. The van der Waals surface area contributed by atoms with Crippen molar-refractivity contribution in [1.82, 2.24) is 9.88 Å². The van der Waals surface area contributed by atoms with Gasteiger partial charge in [-0.05, 0) is 19.3 Å². The Balaban J connectivity index is 1.79. The fourth-order valence-electron chi connectivity index (χ4n) is 2.50. The SMILES string of the molecule is CCCc1nc(CN2CC(O)(CCC)C2)cs1. The number of hydrogen-bond acceptors (Lipinski definition) is 4. The second kappa shape index (κ2) is 5.46. The third kappa shape index (κ3) is 3.27. The zero-order valence-corrected chi connectivity index (χ0v) is 11.6. The molecule has 3 nitrogen and oxygen atoms in total. The lowest BCUT2D eigenvalue weighted by molar-refractivity contribution is -0.107. The first-order chi connectivity index (χ1) is 8.15. The molecule has 0 unspecified atom stereocenters. The van der Waals surface area contributed by atoms with E-state index in [1.807, 2.05) is 0 Å². The van der Waals surface area contributed by atoms with Crippen molar-refractivity contribution in [2.45, 2.75) is 51.7 Å². The van der Waals surface area contributed by atoms with E-state index in [9.17, 15) is 5.11 Å². The number of nitrogens with zero attached hydrogens (tertiary/aromatic N) is 2. The molecule has 1 aromatic heterocycles. The maximum Gasteiger partial charge on any atom is 0.0928 e. The summed E-state index contributed by atoms with van der Waals surface area (Å²) in [5, 5.41) is 13.5. The Bertz CT molecular complexity index is 358. The number of thiazole rings is 1. The molecule has 2 heterocycles. The van der Waals surface area contributed by atoms with Crippen molar-refractivity contribution in [2.75, 3.05) is 13.1 Å². The van der Waals surface area contributed by atoms with Gasteiger partial charge >= 0.3 is 0 Å². The van der Waals surface area contributed by atoms with Crippen molar-refractivity contribution in [3.63, 3.8) is 0 Å². The maximum atomic E-state index is 10.1. The van der Waals surface area contributed by atoms with Gasteiger partial charge < -0.3 is 5.11 Å². The zero-order chi connectivity index (χ0) is 12.3. The van der Waals surface area contributed by atoms with Crippen molar-refractivity contribution >= 4 is 11.3 Å². The molecule has 1 N–H and O–H groups in total. The summed E-state index contributed by atoms with van der Waals surface area (Å²) in [6.45, 7) is 6.81. The van der Waals surface area contributed by atoms with Gasteiger partial charge in [-0.3, -0.25) is 4.90 Å². The van der Waals surface area contributed by atoms with Gasteiger partial charge in [0.1, 0.15) is 0 Å². The molecular formula is C13H22N2OS. The van der Waals surface area contributed by atoms with Gasteiger partial charge in [0, 0.05) is 25.0 Å². The average Bonchev–Trinajstić information content (AvgIpc) is 2.64. The number of β-amino-alcohol motifs (C(OH)–C–C–N with tert-alkyl or cyclic N) is 1. The van der Waals surface area contributed by atoms with Crippen LogP contribution in [0.2, 0.25) is 0 Å². The number of aliphatic hydroxyl groups is 1. The topological polar surface area (TPSA) is 36.4 Å². The summed E-state index contributed by atoms with van der Waals surface area (Å²) in [5.74, 6) is 0. The summed E-state index contributed by atoms with van der Waals surface area (Å²) in [7, 11) is 0. The summed E-state index contributed by atoms with van der Waals surface area (Å²) in [5.41, 5.74) is 0.744. The Morgan fingerprint density at radius 2 is 2.18 bits per heavy atom. The van der Waals surface area contributed by atoms with Gasteiger partial charge in [0.05, 0.1) is 16.3 Å². The summed E-state index contributed by atoms with van der Waals surface area (Å²) < 4.78 is 0. The van der Waals surface area contributed by atoms with Crippen LogP contribution in [0.5, 0.6) is 0 Å². The first kappa shape index (κ1) is 13.0. The summed E-state index contributed by atoms with van der Waals surface area (Å²) >= 11 is 1.76. The maximum absolute atomic E-state index is 10.1. The van der Waals surface area contributed by atoms with E-state index in [4.69, 9.17) is 0 Å². The van der Waals surface area contributed by atoms with E-state index in [2.05, 4.69) is 29.1 Å². The highest BCUT2D eigenvalue weighted by molar-refractivity contribution is 7.09. The fourth-order valence-corrected chi connectivity index (χ4v) is 3.39. The summed E-state index contributed by atoms with van der Waals surface area (Å²) in [6.07, 6.45) is 4.22. The molecule has 0 radical (unpaired) electrons. The van der Waals surface area contributed by atoms with Crippen LogP contribution in [0.1, 0.15) is 43.8 Å². The Kier molecular flexibility index (Phi) is 4.17. The van der Waals surface area contributed by atoms with E-state index in [1.165, 1.54) is 5.01 Å². The van der Waals surface area contributed by atoms with Gasteiger partial charge in [-0.2, -0.15) is 0 Å². The second-order valence-electron chi connectivity index (χ2n) is 5.10. The molecule has 1 fully saturated rings. The molecule has 0 spiro atoms. The normalized spacial score (nSPS) is 19.2. The highest BCUT2D eigenvalue weighted by atomic mass is 32.1. The number of hydrogen-bond donors (Lipinski definition) is 1. The van der Waals surface area contributed by atoms with E-state index in [0.29, 0.717) is 0 Å². The Morgan fingerprint density at radius 3 is 2.82 bits per heavy atom. The minimum Gasteiger partial charge on any atom is -0.387 e. The third-order valence-electron chi connectivity index (χ3n) is 3.20. The van der Waals surface area contributed by atoms with Gasteiger partial charge in [-0.25, -0.2) is 4.98 Å².